The molecular weight excluding hydrogens is 387 g/mol. The molecule has 0 fully saturated rings. The van der Waals surface area contributed by atoms with Crippen LogP contribution in [0.1, 0.15) is 22.7 Å². The molecule has 0 aliphatic carbocycles. The second-order valence-corrected chi connectivity index (χ2v) is 6.93. The van der Waals surface area contributed by atoms with Gasteiger partial charge in [0.05, 0.1) is 16.5 Å². The number of nitrogens with one attached hydrogen (secondary N) is 2. The number of thioether (sulfide) groups is 1. The van der Waals surface area contributed by atoms with Gasteiger partial charge in [-0.05, 0) is 24.6 Å². The van der Waals surface area contributed by atoms with Crippen LogP contribution in [-0.2, 0) is 12.2 Å². The molecule has 0 spiro atoms. The molecule has 0 bridgehead atoms. The highest BCUT2D eigenvalue weighted by molar-refractivity contribution is 7.98. The summed E-state index contributed by atoms with van der Waals surface area (Å²) in [6.45, 7) is 1.64. The molecule has 3 aromatic rings. The second kappa shape index (κ2) is 7.47. The van der Waals surface area contributed by atoms with E-state index in [1.807, 2.05) is 6.07 Å². The Kier molecular flexibility index (Phi) is 5.31. The quantitative estimate of drug-likeness (QED) is 0.640. The van der Waals surface area contributed by atoms with Crippen molar-refractivity contribution in [2.24, 2.45) is 0 Å². The van der Waals surface area contributed by atoms with E-state index in [9.17, 15) is 9.59 Å². The molecule has 1 aromatic carbocycles. The molecule has 0 amide bonds. The predicted octanol–water partition coefficient (Wildman–Crippen LogP) is 2.94. The maximum absolute atomic E-state index is 11.8. The van der Waals surface area contributed by atoms with E-state index in [-0.39, 0.29) is 12.3 Å². The molecule has 0 aliphatic heterocycles. The Hall–Kier alpha value is -2.03. The molecule has 2 aromatic heterocycles. The number of aromatic amines is 2. The molecule has 7 nitrogen and oxygen atoms in total. The summed E-state index contributed by atoms with van der Waals surface area (Å²) in [5.41, 5.74) is 0.799. The Morgan fingerprint density at radius 2 is 1.96 bits per heavy atom. The molecule has 0 saturated carbocycles. The van der Waals surface area contributed by atoms with Gasteiger partial charge in [0.15, 0.2) is 0 Å². The fourth-order valence-electron chi connectivity index (χ4n) is 2.13. The monoisotopic (exact) mass is 398 g/mol. The summed E-state index contributed by atoms with van der Waals surface area (Å²) in [5.74, 6) is 0.869. The summed E-state index contributed by atoms with van der Waals surface area (Å²) in [6, 6.07) is 5.36. The van der Waals surface area contributed by atoms with E-state index in [1.165, 1.54) is 11.8 Å². The topological polar surface area (TPSA) is 105 Å². The first-order valence-electron chi connectivity index (χ1n) is 7.13. The highest BCUT2D eigenvalue weighted by Crippen LogP contribution is 2.27. The smallest absolute Gasteiger partial charge is 0.325 e. The third kappa shape index (κ3) is 4.33. The summed E-state index contributed by atoms with van der Waals surface area (Å²) < 4.78 is 5.54. The molecular formula is C15H12Cl2N4O3S. The maximum atomic E-state index is 11.8. The van der Waals surface area contributed by atoms with Crippen LogP contribution in [0.2, 0.25) is 10.0 Å². The summed E-state index contributed by atoms with van der Waals surface area (Å²) in [7, 11) is 0. The van der Waals surface area contributed by atoms with Crippen LogP contribution in [-0.4, -0.2) is 20.2 Å². The summed E-state index contributed by atoms with van der Waals surface area (Å²) in [6.07, 6.45) is 0.137. The van der Waals surface area contributed by atoms with Gasteiger partial charge in [0.2, 0.25) is 5.89 Å². The lowest BCUT2D eigenvalue weighted by Crippen LogP contribution is -2.27. The fourth-order valence-corrected chi connectivity index (χ4v) is 3.18. The van der Waals surface area contributed by atoms with Crippen LogP contribution in [0.4, 0.5) is 0 Å². The molecule has 0 atom stereocenters. The van der Waals surface area contributed by atoms with Crippen LogP contribution < -0.4 is 11.2 Å². The molecule has 0 saturated heterocycles. The zero-order chi connectivity index (χ0) is 18.0. The van der Waals surface area contributed by atoms with Crippen LogP contribution in [0.15, 0.2) is 37.4 Å². The van der Waals surface area contributed by atoms with Crippen molar-refractivity contribution in [3.8, 4) is 0 Å². The van der Waals surface area contributed by atoms with Crippen molar-refractivity contribution in [3.05, 3.63) is 71.8 Å². The van der Waals surface area contributed by atoms with Gasteiger partial charge in [0.1, 0.15) is 0 Å². The van der Waals surface area contributed by atoms with E-state index >= 15 is 0 Å². The molecule has 0 radical (unpaired) electrons. The average molecular weight is 399 g/mol. The minimum Gasteiger partial charge on any atom is -0.416 e. The standard InChI is InChI=1S/C15H12Cl2N4O3S/c1-7-9(13(22)19-14(23)18-7)5-12-20-21-15(24-12)25-6-8-2-3-10(16)11(17)4-8/h2-4H,5-6H2,1H3,(H2,18,19,22,23). The Morgan fingerprint density at radius 1 is 1.16 bits per heavy atom. The summed E-state index contributed by atoms with van der Waals surface area (Å²) in [4.78, 5) is 27.8. The lowest BCUT2D eigenvalue weighted by atomic mass is 10.2. The van der Waals surface area contributed by atoms with Crippen molar-refractivity contribution < 1.29 is 4.42 Å². The Morgan fingerprint density at radius 3 is 2.68 bits per heavy atom. The zero-order valence-corrected chi connectivity index (χ0v) is 15.3. The fraction of sp³-hybridized carbons (Fsp3) is 0.200. The van der Waals surface area contributed by atoms with Crippen molar-refractivity contribution in [1.29, 1.82) is 0 Å². The Labute approximate surface area is 155 Å². The number of H-pyrrole nitrogens is 2. The summed E-state index contributed by atoms with van der Waals surface area (Å²) in [5, 5.41) is 9.23. The van der Waals surface area contributed by atoms with E-state index < -0.39 is 11.2 Å². The molecule has 2 N–H and O–H groups in total. The number of halogens is 2. The van der Waals surface area contributed by atoms with E-state index in [0.717, 1.165) is 5.56 Å². The number of nitrogens with zero attached hydrogens (tertiary/aromatic N) is 2. The lowest BCUT2D eigenvalue weighted by Gasteiger charge is -2.01. The van der Waals surface area contributed by atoms with Gasteiger partial charge >= 0.3 is 5.69 Å². The van der Waals surface area contributed by atoms with Crippen molar-refractivity contribution in [2.75, 3.05) is 0 Å². The van der Waals surface area contributed by atoms with Gasteiger partial charge in [-0.3, -0.25) is 9.78 Å². The largest absolute Gasteiger partial charge is 0.416 e. The predicted molar refractivity (Wildman–Crippen MR) is 95.5 cm³/mol. The highest BCUT2D eigenvalue weighted by atomic mass is 35.5. The molecule has 3 rings (SSSR count). The van der Waals surface area contributed by atoms with Gasteiger partial charge in [-0.2, -0.15) is 0 Å². The first-order chi connectivity index (χ1) is 11.9. The van der Waals surface area contributed by atoms with Gasteiger partial charge < -0.3 is 9.40 Å². The van der Waals surface area contributed by atoms with Crippen molar-refractivity contribution >= 4 is 35.0 Å². The van der Waals surface area contributed by atoms with Crippen LogP contribution in [0.25, 0.3) is 0 Å². The van der Waals surface area contributed by atoms with E-state index in [0.29, 0.717) is 32.3 Å². The number of rotatable bonds is 5. The molecule has 25 heavy (non-hydrogen) atoms. The van der Waals surface area contributed by atoms with Gasteiger partial charge in [-0.25, -0.2) is 4.79 Å². The van der Waals surface area contributed by atoms with Crippen LogP contribution in [0, 0.1) is 6.92 Å². The molecule has 130 valence electrons. The van der Waals surface area contributed by atoms with Crippen molar-refractivity contribution in [2.45, 2.75) is 24.3 Å². The Bertz CT molecular complexity index is 1030. The number of hydrogen-bond donors (Lipinski definition) is 2. The molecule has 0 unspecified atom stereocenters. The number of hydrogen-bond acceptors (Lipinski definition) is 6. The normalized spacial score (nSPS) is 11.0. The van der Waals surface area contributed by atoms with Crippen LogP contribution >= 0.6 is 35.0 Å². The zero-order valence-electron chi connectivity index (χ0n) is 12.9. The first-order valence-corrected chi connectivity index (χ1v) is 8.87. The summed E-state index contributed by atoms with van der Waals surface area (Å²) >= 11 is 13.2. The highest BCUT2D eigenvalue weighted by Gasteiger charge is 2.13. The first kappa shape index (κ1) is 17.8. The van der Waals surface area contributed by atoms with Gasteiger partial charge in [0, 0.05) is 17.0 Å². The third-order valence-electron chi connectivity index (χ3n) is 3.38. The van der Waals surface area contributed by atoms with Crippen LogP contribution in [0.5, 0.6) is 0 Å². The number of aryl methyl sites for hydroxylation is 1. The third-order valence-corrected chi connectivity index (χ3v) is 5.01. The Balaban J connectivity index is 1.69. The minimum atomic E-state index is -0.547. The number of aromatic nitrogens is 4. The van der Waals surface area contributed by atoms with Crippen molar-refractivity contribution in [3.63, 3.8) is 0 Å². The van der Waals surface area contributed by atoms with E-state index in [1.54, 1.807) is 19.1 Å². The minimum absolute atomic E-state index is 0.137. The molecule has 0 aliphatic rings. The maximum Gasteiger partial charge on any atom is 0.325 e. The van der Waals surface area contributed by atoms with Crippen LogP contribution in [0.3, 0.4) is 0 Å². The molecule has 10 heteroatoms. The van der Waals surface area contributed by atoms with Gasteiger partial charge in [0.25, 0.3) is 10.8 Å². The lowest BCUT2D eigenvalue weighted by molar-refractivity contribution is 0.419. The van der Waals surface area contributed by atoms with Crippen molar-refractivity contribution in [1.82, 2.24) is 20.2 Å². The van der Waals surface area contributed by atoms with Gasteiger partial charge in [-0.1, -0.05) is 41.0 Å². The van der Waals surface area contributed by atoms with E-state index in [4.69, 9.17) is 27.6 Å². The van der Waals surface area contributed by atoms with E-state index in [2.05, 4.69) is 20.2 Å². The molecule has 2 heterocycles. The number of benzene rings is 1. The van der Waals surface area contributed by atoms with Gasteiger partial charge in [-0.15, -0.1) is 10.2 Å². The SMILES string of the molecule is Cc1[nH]c(=O)[nH]c(=O)c1Cc1nnc(SCc2ccc(Cl)c(Cl)c2)o1. The second-order valence-electron chi connectivity index (χ2n) is 5.19. The average Bonchev–Trinajstić information content (AvgIpc) is 3.00.